The first kappa shape index (κ1) is 6.95. The van der Waals surface area contributed by atoms with E-state index in [4.69, 9.17) is 10.5 Å². The number of rotatable bonds is 0. The third-order valence-electron chi connectivity index (χ3n) is 2.59. The van der Waals surface area contributed by atoms with Crippen molar-refractivity contribution in [1.29, 1.82) is 0 Å². The Balaban J connectivity index is 2.04. The lowest BCUT2D eigenvalue weighted by atomic mass is 9.86. The molecule has 11 heavy (non-hydrogen) atoms. The topological polar surface area (TPSA) is 47.6 Å². The zero-order valence-electron chi connectivity index (χ0n) is 6.62. The second-order valence-electron chi connectivity index (χ2n) is 3.38. The van der Waals surface area contributed by atoms with Gasteiger partial charge in [0.25, 0.3) is 6.02 Å². The summed E-state index contributed by atoms with van der Waals surface area (Å²) in [5.41, 5.74) is 5.47. The minimum atomic E-state index is 0.376. The summed E-state index contributed by atoms with van der Waals surface area (Å²) < 4.78 is 5.42. The molecule has 2 N–H and O–H groups in total. The molecule has 1 aliphatic carbocycles. The highest BCUT2D eigenvalue weighted by molar-refractivity contribution is 5.72. The molecule has 0 radical (unpaired) electrons. The highest BCUT2D eigenvalue weighted by Gasteiger charge is 2.29. The van der Waals surface area contributed by atoms with Gasteiger partial charge in [-0.1, -0.05) is 6.42 Å². The van der Waals surface area contributed by atoms with Crippen molar-refractivity contribution in [2.24, 2.45) is 16.6 Å². The Morgan fingerprint density at radius 2 is 2.18 bits per heavy atom. The molecule has 3 nitrogen and oxygen atoms in total. The average Bonchev–Trinajstić information content (AvgIpc) is 2.04. The van der Waals surface area contributed by atoms with Gasteiger partial charge < -0.3 is 10.5 Å². The summed E-state index contributed by atoms with van der Waals surface area (Å²) in [4.78, 5) is 4.09. The molecule has 1 aliphatic heterocycles. The molecule has 3 heteroatoms. The van der Waals surface area contributed by atoms with Crippen LogP contribution >= 0.6 is 0 Å². The van der Waals surface area contributed by atoms with E-state index in [1.807, 2.05) is 0 Å². The van der Waals surface area contributed by atoms with Crippen molar-refractivity contribution in [1.82, 2.24) is 0 Å². The van der Waals surface area contributed by atoms with Crippen molar-refractivity contribution in [2.75, 3.05) is 6.54 Å². The smallest absolute Gasteiger partial charge is 0.282 e. The highest BCUT2D eigenvalue weighted by atomic mass is 16.5. The fourth-order valence-corrected chi connectivity index (χ4v) is 1.94. The Bertz CT molecular complexity index is 179. The van der Waals surface area contributed by atoms with Crippen molar-refractivity contribution in [3.8, 4) is 0 Å². The first-order valence-electron chi connectivity index (χ1n) is 4.33. The number of ether oxygens (including phenoxy) is 1. The number of aliphatic imine (C=N–C) groups is 1. The molecule has 2 rings (SSSR count). The molecule has 0 spiro atoms. The van der Waals surface area contributed by atoms with E-state index in [1.165, 1.54) is 25.7 Å². The van der Waals surface area contributed by atoms with Crippen LogP contribution in [0.1, 0.15) is 25.7 Å². The van der Waals surface area contributed by atoms with Gasteiger partial charge in [0.1, 0.15) is 6.10 Å². The zero-order chi connectivity index (χ0) is 7.68. The lowest BCUT2D eigenvalue weighted by molar-refractivity contribution is 0.0699. The number of nitrogens with two attached hydrogens (primary N) is 1. The summed E-state index contributed by atoms with van der Waals surface area (Å²) in [6, 6.07) is 0.396. The molecule has 0 amide bonds. The summed E-state index contributed by atoms with van der Waals surface area (Å²) in [6.45, 7) is 0.885. The van der Waals surface area contributed by atoms with Gasteiger partial charge in [0, 0.05) is 5.92 Å². The summed E-state index contributed by atoms with van der Waals surface area (Å²) in [7, 11) is 0. The van der Waals surface area contributed by atoms with Crippen LogP contribution in [-0.4, -0.2) is 18.7 Å². The van der Waals surface area contributed by atoms with E-state index >= 15 is 0 Å². The van der Waals surface area contributed by atoms with Crippen LogP contribution in [0.3, 0.4) is 0 Å². The van der Waals surface area contributed by atoms with Crippen molar-refractivity contribution in [2.45, 2.75) is 31.8 Å². The molecule has 2 atom stereocenters. The van der Waals surface area contributed by atoms with E-state index in [1.54, 1.807) is 0 Å². The van der Waals surface area contributed by atoms with E-state index in [0.717, 1.165) is 6.54 Å². The first-order chi connectivity index (χ1) is 5.36. The molecule has 0 saturated heterocycles. The van der Waals surface area contributed by atoms with Crippen LogP contribution in [0.5, 0.6) is 0 Å². The van der Waals surface area contributed by atoms with Gasteiger partial charge in [-0.3, -0.25) is 0 Å². The Hall–Kier alpha value is -0.730. The molecule has 1 heterocycles. The molecule has 1 saturated carbocycles. The molecule has 0 aromatic carbocycles. The molecule has 2 aliphatic rings. The quantitative estimate of drug-likeness (QED) is 0.563. The highest BCUT2D eigenvalue weighted by Crippen LogP contribution is 2.28. The summed E-state index contributed by atoms with van der Waals surface area (Å²) >= 11 is 0. The van der Waals surface area contributed by atoms with E-state index in [2.05, 4.69) is 4.99 Å². The van der Waals surface area contributed by atoms with Gasteiger partial charge in [-0.05, 0) is 19.3 Å². The predicted octanol–water partition coefficient (Wildman–Crippen LogP) is 0.890. The van der Waals surface area contributed by atoms with Crippen LogP contribution in [0.25, 0.3) is 0 Å². The minimum absolute atomic E-state index is 0.376. The number of hydrogen-bond acceptors (Lipinski definition) is 3. The minimum Gasteiger partial charge on any atom is -0.462 e. The molecule has 1 fully saturated rings. The van der Waals surface area contributed by atoms with Crippen LogP contribution in [-0.2, 0) is 4.74 Å². The molecular formula is C8H14N2O. The number of amidine groups is 1. The molecular weight excluding hydrogens is 140 g/mol. The van der Waals surface area contributed by atoms with Crippen LogP contribution in [0.2, 0.25) is 0 Å². The predicted molar refractivity (Wildman–Crippen MR) is 43.3 cm³/mol. The van der Waals surface area contributed by atoms with E-state index in [-0.39, 0.29) is 0 Å². The fraction of sp³-hybridized carbons (Fsp3) is 0.875. The third kappa shape index (κ3) is 1.32. The van der Waals surface area contributed by atoms with Gasteiger partial charge in [0.2, 0.25) is 0 Å². The van der Waals surface area contributed by atoms with Gasteiger partial charge in [0.15, 0.2) is 0 Å². The Morgan fingerprint density at radius 1 is 1.36 bits per heavy atom. The molecule has 62 valence electrons. The number of fused-ring (bicyclic) bond motifs is 1. The molecule has 0 aromatic rings. The molecule has 0 bridgehead atoms. The van der Waals surface area contributed by atoms with Crippen LogP contribution in [0.4, 0.5) is 0 Å². The van der Waals surface area contributed by atoms with Gasteiger partial charge in [-0.2, -0.15) is 0 Å². The molecule has 0 aromatic heterocycles. The first-order valence-corrected chi connectivity index (χ1v) is 4.33. The number of hydrogen-bond donors (Lipinski definition) is 1. The average molecular weight is 154 g/mol. The standard InChI is InChI=1S/C8H14N2O/c9-8-10-5-6-3-1-2-4-7(6)11-8/h6-7H,1-5H2,(H2,9,10)/t6-,7+/m1/s1. The van der Waals surface area contributed by atoms with Crippen LogP contribution in [0, 0.1) is 5.92 Å². The van der Waals surface area contributed by atoms with E-state index < -0.39 is 0 Å². The summed E-state index contributed by atoms with van der Waals surface area (Å²) in [5.74, 6) is 0.649. The SMILES string of the molecule is NC1=NC[C@H]2CCCC[C@@H]2O1. The summed E-state index contributed by atoms with van der Waals surface area (Å²) in [6.07, 6.45) is 5.43. The van der Waals surface area contributed by atoms with Crippen LogP contribution < -0.4 is 5.73 Å². The van der Waals surface area contributed by atoms with Gasteiger partial charge in [-0.25, -0.2) is 4.99 Å². The maximum absolute atomic E-state index is 5.47. The lowest BCUT2D eigenvalue weighted by Gasteiger charge is -2.33. The maximum Gasteiger partial charge on any atom is 0.282 e. The van der Waals surface area contributed by atoms with Gasteiger partial charge in [0.05, 0.1) is 6.54 Å². The van der Waals surface area contributed by atoms with Gasteiger partial charge >= 0.3 is 0 Å². The van der Waals surface area contributed by atoms with E-state index in [9.17, 15) is 0 Å². The maximum atomic E-state index is 5.47. The molecule has 0 unspecified atom stereocenters. The van der Waals surface area contributed by atoms with E-state index in [0.29, 0.717) is 18.0 Å². The largest absolute Gasteiger partial charge is 0.462 e. The zero-order valence-corrected chi connectivity index (χ0v) is 6.62. The fourth-order valence-electron chi connectivity index (χ4n) is 1.94. The normalized spacial score (nSPS) is 36.9. The Kier molecular flexibility index (Phi) is 1.72. The monoisotopic (exact) mass is 154 g/mol. The lowest BCUT2D eigenvalue weighted by Crippen LogP contribution is -2.38. The Morgan fingerprint density at radius 3 is 3.09 bits per heavy atom. The van der Waals surface area contributed by atoms with Gasteiger partial charge in [-0.15, -0.1) is 0 Å². The second kappa shape index (κ2) is 2.72. The van der Waals surface area contributed by atoms with Crippen molar-refractivity contribution in [3.63, 3.8) is 0 Å². The second-order valence-corrected chi connectivity index (χ2v) is 3.38. The Labute approximate surface area is 66.6 Å². The number of nitrogens with zero attached hydrogens (tertiary/aromatic N) is 1. The third-order valence-corrected chi connectivity index (χ3v) is 2.59. The van der Waals surface area contributed by atoms with Crippen molar-refractivity contribution in [3.05, 3.63) is 0 Å². The summed E-state index contributed by atoms with van der Waals surface area (Å²) in [5, 5.41) is 0. The van der Waals surface area contributed by atoms with Crippen LogP contribution in [0.15, 0.2) is 4.99 Å². The van der Waals surface area contributed by atoms with Crippen molar-refractivity contribution >= 4 is 6.02 Å². The van der Waals surface area contributed by atoms with Crippen molar-refractivity contribution < 1.29 is 4.74 Å².